The first-order valence-corrected chi connectivity index (χ1v) is 12.8. The van der Waals surface area contributed by atoms with E-state index in [1.165, 1.54) is 14.7 Å². The molecule has 2 heterocycles. The SMILES string of the molecule is CCc1ccc(S(=O)(=O)N2CCN(S(=O)(=O)c3cccc4nsnc34)CC2)cc1. The standard InChI is InChI=1S/C18H20N4O4S3/c1-2-14-6-8-15(9-7-14)28(23,24)21-10-12-22(13-11-21)29(25,26)17-5-3-4-16-18(17)20-27-19-16/h3-9H,2,10-13H2,1H3. The first kappa shape index (κ1) is 20.4. The van der Waals surface area contributed by atoms with Gasteiger partial charge in [0.1, 0.15) is 15.9 Å². The van der Waals surface area contributed by atoms with E-state index < -0.39 is 20.0 Å². The van der Waals surface area contributed by atoms with Gasteiger partial charge < -0.3 is 0 Å². The molecule has 1 aliphatic rings. The molecule has 0 spiro atoms. The number of piperazine rings is 1. The molecule has 0 saturated carbocycles. The van der Waals surface area contributed by atoms with Crippen LogP contribution in [0.1, 0.15) is 12.5 Å². The zero-order valence-corrected chi connectivity index (χ0v) is 18.2. The summed E-state index contributed by atoms with van der Waals surface area (Å²) in [4.78, 5) is 0.333. The van der Waals surface area contributed by atoms with Crippen LogP contribution in [0.15, 0.2) is 52.3 Å². The van der Waals surface area contributed by atoms with Gasteiger partial charge in [0.05, 0.1) is 16.6 Å². The number of sulfonamides is 2. The van der Waals surface area contributed by atoms with Crippen molar-refractivity contribution in [1.82, 2.24) is 17.4 Å². The predicted octanol–water partition coefficient (Wildman–Crippen LogP) is 1.95. The summed E-state index contributed by atoms with van der Waals surface area (Å²) < 4.78 is 62.8. The van der Waals surface area contributed by atoms with Crippen LogP contribution in [-0.2, 0) is 26.5 Å². The Labute approximate surface area is 174 Å². The molecule has 1 fully saturated rings. The zero-order valence-electron chi connectivity index (χ0n) is 15.7. The number of hydrogen-bond acceptors (Lipinski definition) is 7. The fourth-order valence-corrected chi connectivity index (χ4v) is 6.92. The summed E-state index contributed by atoms with van der Waals surface area (Å²) in [5, 5.41) is 0. The third kappa shape index (κ3) is 3.68. The zero-order chi connectivity index (χ0) is 20.6. The van der Waals surface area contributed by atoms with Crippen LogP contribution in [0.25, 0.3) is 11.0 Å². The molecule has 0 unspecified atom stereocenters. The molecule has 154 valence electrons. The summed E-state index contributed by atoms with van der Waals surface area (Å²) in [6.45, 7) is 2.38. The molecule has 0 radical (unpaired) electrons. The van der Waals surface area contributed by atoms with E-state index in [2.05, 4.69) is 8.75 Å². The lowest BCUT2D eigenvalue weighted by Crippen LogP contribution is -2.50. The van der Waals surface area contributed by atoms with Gasteiger partial charge in [0.15, 0.2) is 0 Å². The molecular weight excluding hydrogens is 432 g/mol. The fraction of sp³-hybridized carbons (Fsp3) is 0.333. The maximum atomic E-state index is 13.1. The van der Waals surface area contributed by atoms with Crippen molar-refractivity contribution in [3.8, 4) is 0 Å². The van der Waals surface area contributed by atoms with Crippen LogP contribution in [0.4, 0.5) is 0 Å². The molecule has 11 heteroatoms. The summed E-state index contributed by atoms with van der Waals surface area (Å²) in [5.41, 5.74) is 1.95. The second-order valence-electron chi connectivity index (χ2n) is 6.69. The maximum Gasteiger partial charge on any atom is 0.245 e. The van der Waals surface area contributed by atoms with Crippen molar-refractivity contribution in [1.29, 1.82) is 0 Å². The molecule has 3 aromatic rings. The number of aryl methyl sites for hydroxylation is 1. The quantitative estimate of drug-likeness (QED) is 0.587. The van der Waals surface area contributed by atoms with Gasteiger partial charge in [-0.3, -0.25) is 0 Å². The smallest absolute Gasteiger partial charge is 0.207 e. The van der Waals surface area contributed by atoms with Crippen molar-refractivity contribution in [2.45, 2.75) is 23.1 Å². The molecule has 0 atom stereocenters. The van der Waals surface area contributed by atoms with Crippen LogP contribution in [0.5, 0.6) is 0 Å². The second-order valence-corrected chi connectivity index (χ2v) is 11.1. The molecule has 8 nitrogen and oxygen atoms in total. The average molecular weight is 453 g/mol. The van der Waals surface area contributed by atoms with Crippen molar-refractivity contribution in [3.63, 3.8) is 0 Å². The van der Waals surface area contributed by atoms with Crippen LogP contribution in [0.3, 0.4) is 0 Å². The van der Waals surface area contributed by atoms with Crippen molar-refractivity contribution >= 4 is 42.8 Å². The van der Waals surface area contributed by atoms with Crippen LogP contribution >= 0.6 is 11.7 Å². The van der Waals surface area contributed by atoms with Crippen LogP contribution in [0.2, 0.25) is 0 Å². The van der Waals surface area contributed by atoms with E-state index in [0.717, 1.165) is 23.7 Å². The van der Waals surface area contributed by atoms with Gasteiger partial charge in [-0.05, 0) is 36.2 Å². The number of aromatic nitrogens is 2. The number of benzene rings is 2. The summed E-state index contributed by atoms with van der Waals surface area (Å²) in [6.07, 6.45) is 0.831. The summed E-state index contributed by atoms with van der Waals surface area (Å²) >= 11 is 0.963. The van der Waals surface area contributed by atoms with Gasteiger partial charge in [0.25, 0.3) is 0 Å². The van der Waals surface area contributed by atoms with Gasteiger partial charge in [0, 0.05) is 26.2 Å². The van der Waals surface area contributed by atoms with Gasteiger partial charge in [0.2, 0.25) is 20.0 Å². The van der Waals surface area contributed by atoms with Gasteiger partial charge in [-0.1, -0.05) is 25.1 Å². The van der Waals surface area contributed by atoms with Crippen molar-refractivity contribution in [2.24, 2.45) is 0 Å². The lowest BCUT2D eigenvalue weighted by Gasteiger charge is -2.33. The van der Waals surface area contributed by atoms with Gasteiger partial charge in [-0.2, -0.15) is 17.4 Å². The van der Waals surface area contributed by atoms with Gasteiger partial charge in [-0.15, -0.1) is 0 Å². The molecule has 1 aromatic heterocycles. The highest BCUT2D eigenvalue weighted by atomic mass is 32.2. The fourth-order valence-electron chi connectivity index (χ4n) is 3.33. The van der Waals surface area contributed by atoms with Crippen LogP contribution < -0.4 is 0 Å². The molecule has 4 rings (SSSR count). The minimum atomic E-state index is -3.79. The van der Waals surface area contributed by atoms with E-state index in [1.807, 2.05) is 6.92 Å². The van der Waals surface area contributed by atoms with Crippen molar-refractivity contribution in [3.05, 3.63) is 48.0 Å². The Bertz CT molecular complexity index is 1230. The molecule has 0 amide bonds. The van der Waals surface area contributed by atoms with Crippen molar-refractivity contribution < 1.29 is 16.8 Å². The predicted molar refractivity (Wildman–Crippen MR) is 111 cm³/mol. The molecule has 2 aromatic carbocycles. The van der Waals surface area contributed by atoms with E-state index in [0.29, 0.717) is 11.0 Å². The topological polar surface area (TPSA) is 101 Å². The Hall–Kier alpha value is -1.92. The first-order valence-electron chi connectivity index (χ1n) is 9.14. The van der Waals surface area contributed by atoms with Crippen molar-refractivity contribution in [2.75, 3.05) is 26.2 Å². The van der Waals surface area contributed by atoms with E-state index >= 15 is 0 Å². The van der Waals surface area contributed by atoms with Gasteiger partial charge in [-0.25, -0.2) is 16.8 Å². The van der Waals surface area contributed by atoms with Crippen LogP contribution in [0, 0.1) is 0 Å². The second kappa shape index (κ2) is 7.73. The van der Waals surface area contributed by atoms with Crippen LogP contribution in [-0.4, -0.2) is 60.4 Å². The highest BCUT2D eigenvalue weighted by Crippen LogP contribution is 2.26. The molecule has 0 N–H and O–H groups in total. The van der Waals surface area contributed by atoms with E-state index in [4.69, 9.17) is 0 Å². The third-order valence-corrected chi connectivity index (χ3v) is 9.42. The Morgan fingerprint density at radius 2 is 1.48 bits per heavy atom. The lowest BCUT2D eigenvalue weighted by molar-refractivity contribution is 0.273. The lowest BCUT2D eigenvalue weighted by atomic mass is 10.2. The number of rotatable bonds is 5. The Kier molecular flexibility index (Phi) is 5.42. The summed E-state index contributed by atoms with van der Waals surface area (Å²) in [6, 6.07) is 11.7. The minimum absolute atomic E-state index is 0.0859. The highest BCUT2D eigenvalue weighted by Gasteiger charge is 2.34. The number of fused-ring (bicyclic) bond motifs is 1. The Morgan fingerprint density at radius 3 is 2.10 bits per heavy atom. The van der Waals surface area contributed by atoms with E-state index in [9.17, 15) is 16.8 Å². The molecule has 1 saturated heterocycles. The minimum Gasteiger partial charge on any atom is -0.207 e. The molecule has 29 heavy (non-hydrogen) atoms. The average Bonchev–Trinajstić information content (AvgIpc) is 3.22. The molecular formula is C18H20N4O4S3. The molecule has 0 bridgehead atoms. The van der Waals surface area contributed by atoms with Gasteiger partial charge >= 0.3 is 0 Å². The normalized spacial score (nSPS) is 17.0. The van der Waals surface area contributed by atoms with E-state index in [-0.39, 0.29) is 36.0 Å². The Morgan fingerprint density at radius 1 is 0.862 bits per heavy atom. The first-order chi connectivity index (χ1) is 13.8. The summed E-state index contributed by atoms with van der Waals surface area (Å²) in [5.74, 6) is 0. The Balaban J connectivity index is 1.53. The number of nitrogens with zero attached hydrogens (tertiary/aromatic N) is 4. The molecule has 0 aliphatic carbocycles. The summed E-state index contributed by atoms with van der Waals surface area (Å²) in [7, 11) is -7.44. The maximum absolute atomic E-state index is 13.1. The largest absolute Gasteiger partial charge is 0.245 e. The number of hydrogen-bond donors (Lipinski definition) is 0. The third-order valence-electron chi connectivity index (χ3n) is 5.03. The molecule has 1 aliphatic heterocycles. The monoisotopic (exact) mass is 452 g/mol. The highest BCUT2D eigenvalue weighted by molar-refractivity contribution is 7.89. The van der Waals surface area contributed by atoms with E-state index in [1.54, 1.807) is 36.4 Å².